The fraction of sp³-hybridized carbons (Fsp3) is 0.923. The molecule has 0 atom stereocenters. The highest BCUT2D eigenvalue weighted by Crippen LogP contribution is 1.98. The van der Waals surface area contributed by atoms with Gasteiger partial charge in [-0.25, -0.2) is 0 Å². The van der Waals surface area contributed by atoms with Gasteiger partial charge in [0.25, 0.3) is 0 Å². The minimum atomic E-state index is 0.916. The van der Waals surface area contributed by atoms with E-state index in [4.69, 9.17) is 0 Å². The van der Waals surface area contributed by atoms with Gasteiger partial charge in [-0.05, 0) is 45.4 Å². The Labute approximate surface area is 117 Å². The highest BCUT2D eigenvalue weighted by molar-refractivity contribution is 7.98. The summed E-state index contributed by atoms with van der Waals surface area (Å²) in [5, 5.41) is 6.65. The van der Waals surface area contributed by atoms with Gasteiger partial charge in [0.05, 0.1) is 0 Å². The molecule has 18 heavy (non-hydrogen) atoms. The van der Waals surface area contributed by atoms with E-state index >= 15 is 0 Å². The van der Waals surface area contributed by atoms with E-state index in [0.717, 1.165) is 38.7 Å². The van der Waals surface area contributed by atoms with Gasteiger partial charge in [0.15, 0.2) is 5.96 Å². The van der Waals surface area contributed by atoms with Crippen molar-refractivity contribution in [1.82, 2.24) is 15.5 Å². The van der Waals surface area contributed by atoms with Crippen molar-refractivity contribution in [2.75, 3.05) is 51.8 Å². The number of thioether (sulfide) groups is 1. The smallest absolute Gasteiger partial charge is 0.191 e. The van der Waals surface area contributed by atoms with Crippen LogP contribution in [0.4, 0.5) is 0 Å². The SMILES string of the molecule is CCNC(=NCCCCSC)NCCN(C)CC. The first-order chi connectivity index (χ1) is 8.74. The second kappa shape index (κ2) is 13.0. The zero-order valence-corrected chi connectivity index (χ0v) is 13.3. The quantitative estimate of drug-likeness (QED) is 0.361. The molecule has 2 N–H and O–H groups in total. The number of hydrogen-bond acceptors (Lipinski definition) is 3. The van der Waals surface area contributed by atoms with E-state index in [1.54, 1.807) is 0 Å². The molecule has 0 aliphatic carbocycles. The van der Waals surface area contributed by atoms with E-state index in [-0.39, 0.29) is 0 Å². The van der Waals surface area contributed by atoms with E-state index in [1.807, 2.05) is 11.8 Å². The minimum Gasteiger partial charge on any atom is -0.357 e. The van der Waals surface area contributed by atoms with Gasteiger partial charge in [-0.15, -0.1) is 0 Å². The highest BCUT2D eigenvalue weighted by Gasteiger charge is 1.98. The fourth-order valence-corrected chi connectivity index (χ4v) is 1.91. The van der Waals surface area contributed by atoms with E-state index in [1.165, 1.54) is 18.6 Å². The Hall–Kier alpha value is -0.420. The molecule has 0 aromatic carbocycles. The molecule has 0 aromatic rings. The first kappa shape index (κ1) is 17.6. The zero-order valence-electron chi connectivity index (χ0n) is 12.5. The monoisotopic (exact) mass is 274 g/mol. The molecule has 0 radical (unpaired) electrons. The van der Waals surface area contributed by atoms with E-state index < -0.39 is 0 Å². The molecule has 0 bridgehead atoms. The van der Waals surface area contributed by atoms with Gasteiger partial charge in [-0.1, -0.05) is 6.92 Å². The van der Waals surface area contributed by atoms with Gasteiger partial charge in [0.2, 0.25) is 0 Å². The number of nitrogens with zero attached hydrogens (tertiary/aromatic N) is 2. The average Bonchev–Trinajstić information content (AvgIpc) is 2.38. The van der Waals surface area contributed by atoms with Crippen LogP contribution < -0.4 is 10.6 Å². The molecule has 5 heteroatoms. The molecule has 0 heterocycles. The number of hydrogen-bond donors (Lipinski definition) is 2. The van der Waals surface area contributed by atoms with Crippen LogP contribution in [0.1, 0.15) is 26.7 Å². The van der Waals surface area contributed by atoms with Gasteiger partial charge >= 0.3 is 0 Å². The predicted molar refractivity (Wildman–Crippen MR) is 84.8 cm³/mol. The summed E-state index contributed by atoms with van der Waals surface area (Å²) in [7, 11) is 2.13. The number of nitrogens with one attached hydrogen (secondary N) is 2. The summed E-state index contributed by atoms with van der Waals surface area (Å²) in [5.74, 6) is 2.19. The molecule has 0 aliphatic heterocycles. The summed E-state index contributed by atoms with van der Waals surface area (Å²) in [4.78, 5) is 6.86. The van der Waals surface area contributed by atoms with E-state index in [0.29, 0.717) is 0 Å². The Kier molecular flexibility index (Phi) is 12.7. The molecule has 4 nitrogen and oxygen atoms in total. The number of likely N-dealkylation sites (N-methyl/N-ethyl adjacent to an activating group) is 1. The maximum atomic E-state index is 4.57. The summed E-state index contributed by atoms with van der Waals surface area (Å²) >= 11 is 1.91. The molecule has 0 amide bonds. The fourth-order valence-electron chi connectivity index (χ4n) is 1.41. The third-order valence-electron chi connectivity index (χ3n) is 2.70. The van der Waals surface area contributed by atoms with E-state index in [9.17, 15) is 0 Å². The van der Waals surface area contributed by atoms with Crippen molar-refractivity contribution in [2.45, 2.75) is 26.7 Å². The molecule has 0 saturated heterocycles. The van der Waals surface area contributed by atoms with Crippen molar-refractivity contribution in [3.63, 3.8) is 0 Å². The Bertz CT molecular complexity index is 209. The molecule has 0 rings (SSSR count). The number of unbranched alkanes of at least 4 members (excludes halogenated alkanes) is 1. The standard InChI is InChI=1S/C13H30N4S/c1-5-14-13(15-9-7-8-12-18-4)16-10-11-17(3)6-2/h5-12H2,1-4H3,(H2,14,15,16). The lowest BCUT2D eigenvalue weighted by atomic mass is 10.3. The van der Waals surface area contributed by atoms with Crippen LogP contribution in [0.2, 0.25) is 0 Å². The average molecular weight is 274 g/mol. The van der Waals surface area contributed by atoms with Crippen LogP contribution in [0.15, 0.2) is 4.99 Å². The second-order valence-corrected chi connectivity index (χ2v) is 5.27. The molecule has 0 fully saturated rings. The molecular weight excluding hydrogens is 244 g/mol. The van der Waals surface area contributed by atoms with Crippen LogP contribution in [-0.2, 0) is 0 Å². The van der Waals surface area contributed by atoms with Crippen molar-refractivity contribution in [2.24, 2.45) is 4.99 Å². The first-order valence-electron chi connectivity index (χ1n) is 6.94. The van der Waals surface area contributed by atoms with Crippen LogP contribution in [0, 0.1) is 0 Å². The molecule has 0 spiro atoms. The van der Waals surface area contributed by atoms with Crippen LogP contribution >= 0.6 is 11.8 Å². The van der Waals surface area contributed by atoms with Crippen LogP contribution in [0.5, 0.6) is 0 Å². The third kappa shape index (κ3) is 10.7. The van der Waals surface area contributed by atoms with Crippen molar-refractivity contribution in [3.8, 4) is 0 Å². The Morgan fingerprint density at radius 3 is 2.61 bits per heavy atom. The lowest BCUT2D eigenvalue weighted by molar-refractivity contribution is 0.357. The van der Waals surface area contributed by atoms with Crippen LogP contribution in [0.3, 0.4) is 0 Å². The van der Waals surface area contributed by atoms with Gasteiger partial charge in [0, 0.05) is 26.2 Å². The summed E-state index contributed by atoms with van der Waals surface area (Å²) in [5.41, 5.74) is 0. The van der Waals surface area contributed by atoms with Gasteiger partial charge in [-0.2, -0.15) is 11.8 Å². The molecule has 108 valence electrons. The molecular formula is C13H30N4S. The van der Waals surface area contributed by atoms with Gasteiger partial charge in [0.1, 0.15) is 0 Å². The van der Waals surface area contributed by atoms with Crippen molar-refractivity contribution >= 4 is 17.7 Å². The highest BCUT2D eigenvalue weighted by atomic mass is 32.2. The third-order valence-corrected chi connectivity index (χ3v) is 3.39. The van der Waals surface area contributed by atoms with E-state index in [2.05, 4.69) is 47.7 Å². The lowest BCUT2D eigenvalue weighted by Crippen LogP contribution is -2.41. The van der Waals surface area contributed by atoms with Gasteiger partial charge < -0.3 is 15.5 Å². The maximum Gasteiger partial charge on any atom is 0.191 e. The lowest BCUT2D eigenvalue weighted by Gasteiger charge is -2.16. The van der Waals surface area contributed by atoms with Crippen LogP contribution in [-0.4, -0.2) is 62.6 Å². The van der Waals surface area contributed by atoms with Crippen molar-refractivity contribution in [1.29, 1.82) is 0 Å². The summed E-state index contributed by atoms with van der Waals surface area (Å²) in [6.07, 6.45) is 4.58. The normalized spacial score (nSPS) is 11.9. The Balaban J connectivity index is 3.78. The molecule has 0 aromatic heterocycles. The summed E-state index contributed by atoms with van der Waals surface area (Å²) in [6.45, 7) is 9.19. The number of guanidine groups is 1. The summed E-state index contributed by atoms with van der Waals surface area (Å²) in [6, 6.07) is 0. The van der Waals surface area contributed by atoms with Crippen molar-refractivity contribution in [3.05, 3.63) is 0 Å². The minimum absolute atomic E-state index is 0.916. The first-order valence-corrected chi connectivity index (χ1v) is 8.33. The summed E-state index contributed by atoms with van der Waals surface area (Å²) < 4.78 is 0. The maximum absolute atomic E-state index is 4.57. The number of aliphatic imine (C=N–C) groups is 1. The predicted octanol–water partition coefficient (Wildman–Crippen LogP) is 1.64. The second-order valence-electron chi connectivity index (χ2n) is 4.28. The largest absolute Gasteiger partial charge is 0.357 e. The zero-order chi connectivity index (χ0) is 13.6. The topological polar surface area (TPSA) is 39.7 Å². The van der Waals surface area contributed by atoms with Crippen molar-refractivity contribution < 1.29 is 0 Å². The van der Waals surface area contributed by atoms with Gasteiger partial charge in [-0.3, -0.25) is 4.99 Å². The number of rotatable bonds is 10. The molecule has 0 aliphatic rings. The Morgan fingerprint density at radius 1 is 1.22 bits per heavy atom. The Morgan fingerprint density at radius 2 is 2.00 bits per heavy atom. The van der Waals surface area contributed by atoms with Crippen LogP contribution in [0.25, 0.3) is 0 Å². The molecule has 0 unspecified atom stereocenters. The molecule has 0 saturated carbocycles.